The number of aryl methyl sites for hydroxylation is 1. The number of hydrogen-bond acceptors (Lipinski definition) is 23. The average molecular weight is 1660 g/mol. The Hall–Kier alpha value is -6.22. The van der Waals surface area contributed by atoms with Crippen LogP contribution in [0.5, 0.6) is 0 Å². The maximum Gasteiger partial charge on any atom is 1.00 e. The van der Waals surface area contributed by atoms with Crippen LogP contribution in [0.25, 0.3) is 6.08 Å². The molecule has 4 fully saturated rings. The van der Waals surface area contributed by atoms with Crippen LogP contribution < -0.4 is 80.3 Å². The molecule has 6 amide bonds. The number of urea groups is 3. The molecule has 6 N–H and O–H groups in total. The fourth-order valence-corrected chi connectivity index (χ4v) is 12.8. The largest absolute Gasteiger partial charge is 1.00 e. The van der Waals surface area contributed by atoms with Gasteiger partial charge in [0.25, 0.3) is 6.47 Å². The first-order chi connectivity index (χ1) is 50.5. The third kappa shape index (κ3) is 21.9. The Bertz CT molecular complexity index is 4210. The van der Waals surface area contributed by atoms with Gasteiger partial charge in [0.1, 0.15) is 49.9 Å². The molecule has 0 bridgehead atoms. The number of piperazine rings is 3. The normalized spacial score (nSPS) is 19.3. The van der Waals surface area contributed by atoms with Gasteiger partial charge in [-0.15, -0.1) is 29.8 Å². The van der Waals surface area contributed by atoms with Crippen molar-refractivity contribution in [2.75, 3.05) is 116 Å². The van der Waals surface area contributed by atoms with Crippen molar-refractivity contribution in [3.63, 3.8) is 0 Å². The van der Waals surface area contributed by atoms with Gasteiger partial charge in [0, 0.05) is 36.6 Å². The molecule has 6 aromatic heterocycles. The smallest absolute Gasteiger partial charge is 1.00 e. The van der Waals surface area contributed by atoms with Crippen molar-refractivity contribution in [2.45, 2.75) is 157 Å². The van der Waals surface area contributed by atoms with E-state index in [1.54, 1.807) is 12.9 Å². The van der Waals surface area contributed by atoms with Crippen molar-refractivity contribution in [1.29, 1.82) is 0 Å². The number of alkyl halides is 2. The van der Waals surface area contributed by atoms with Crippen LogP contribution in [0.2, 0.25) is 5.28 Å². The standard InChI is InChI=1S/C19H27F2N8O.C19H25F2N8O.C17H22ClF2N8O.C8H15BO2.C2H4Cl2.CH2O3.2CH4.2Na.H/c2*1-5-14-22-10-13(20)17(23-14)24-16-12-11-28(19(2,3)15(12)25-26-16)18(30)29(21)8-6-27(4)7-9-29;1-17(2)12-10(9-27(17)16(29)28(20)6-4-26(3)5-7-28)13(25-24-12)22-14-11(19)8-21-15(18)23-14;1-6-9-10-7(2,3)8(4,5)11-9;1-2(3)4;2-1-4-3;;;;;/h10H,5-9,11H2,1-4H3,(H2,22,23,24,25,26);5,10H,1,6-9,11H2,2-4H3,(H2,22,23,24,25,26);8H,4-7,9H2,1-3H3,(H2,21,22,23,24,25);6H,1H2,2-5H3;2H,1H3;1,3H;2*1H4;;;/q3*+1;;;;;;2*+1;-1/p-1. The molecular weight excluding hydrogens is 1560 g/mol. The van der Waals surface area contributed by atoms with Gasteiger partial charge in [-0.2, -0.15) is 20.3 Å². The molecule has 44 heteroatoms. The molecule has 6 aromatic rings. The number of amides is 6. The molecule has 7 aliphatic heterocycles. The predicted octanol–water partition coefficient (Wildman–Crippen LogP) is 5.00. The van der Waals surface area contributed by atoms with Gasteiger partial charge >= 0.3 is 84.3 Å². The quantitative estimate of drug-likeness (QED) is 0.0154. The zero-order valence-electron chi connectivity index (χ0n) is 66.1. The minimum Gasteiger partial charge on any atom is -1.00 e. The monoisotopic (exact) mass is 1660 g/mol. The van der Waals surface area contributed by atoms with Gasteiger partial charge in [0.15, 0.2) is 58.2 Å². The number of nitrogens with zero attached hydrogens (tertiary/aromatic N) is 18. The van der Waals surface area contributed by atoms with Crippen LogP contribution in [0, 0.1) is 17.5 Å². The van der Waals surface area contributed by atoms with Crippen molar-refractivity contribution in [1.82, 2.24) is 89.9 Å². The maximum absolute atomic E-state index is 15.5. The van der Waals surface area contributed by atoms with Crippen LogP contribution in [0.1, 0.15) is 145 Å². The van der Waals surface area contributed by atoms with E-state index < -0.39 is 66.3 Å². The fourth-order valence-electron chi connectivity index (χ4n) is 12.6. The molecule has 0 saturated carbocycles. The van der Waals surface area contributed by atoms with E-state index in [0.29, 0.717) is 103 Å². The number of anilines is 6. The first-order valence-electron chi connectivity index (χ1n) is 34.6. The molecule has 112 heavy (non-hydrogen) atoms. The number of fused-ring (bicyclic) bond motifs is 3. The molecule has 0 spiro atoms. The fraction of sp³-hybridized carbons (Fsp3) is 0.574. The summed E-state index contributed by atoms with van der Waals surface area (Å²) in [6.07, 6.45) is 5.08. The van der Waals surface area contributed by atoms with Crippen molar-refractivity contribution in [3.05, 3.63) is 106 Å². The van der Waals surface area contributed by atoms with Gasteiger partial charge in [-0.3, -0.25) is 49.5 Å². The minimum atomic E-state index is -1.13. The first-order valence-corrected chi connectivity index (χ1v) is 35.8. The second kappa shape index (κ2) is 39.6. The van der Waals surface area contributed by atoms with Crippen LogP contribution in [0.4, 0.5) is 75.9 Å². The average Bonchev–Trinajstić information content (AvgIpc) is 1.60. The van der Waals surface area contributed by atoms with E-state index in [1.165, 1.54) is 20.8 Å². The van der Waals surface area contributed by atoms with Gasteiger partial charge in [0.2, 0.25) is 5.28 Å². The van der Waals surface area contributed by atoms with E-state index in [9.17, 15) is 27.6 Å². The molecule has 0 unspecified atom stereocenters. The van der Waals surface area contributed by atoms with Crippen molar-refractivity contribution < 1.29 is 140 Å². The number of carbonyl (C=O) groups excluding carboxylic acids is 4. The Morgan fingerprint density at radius 3 is 1.18 bits per heavy atom. The SMILES string of the molecule is C.C.C=CB1OC(C)(C)C(C)(C)O1.C=Cc1ncc(F)c(Nc2n[nH]c3c2CN(C(=O)[N+]2(F)CCN(C)CC2)C3(C)C)n1.CC(Cl)Cl.CCc1ncc(F)c(Nc2n[nH]c3c2CN(C(=O)[N+]2(F)CCN(C)CC2)C3(C)C)n1.CN1CC[N+](F)(C(=O)N2Cc3c(Nc4nc(Cl)ncc4F)n[nH]c3C2(C)C)CC1.O=CO[O-].[H-].[Na+].[Na+]. The Morgan fingerprint density at radius 1 is 0.598 bits per heavy atom. The summed E-state index contributed by atoms with van der Waals surface area (Å²) in [6, 6.07) is -1.73. The van der Waals surface area contributed by atoms with Crippen LogP contribution >= 0.6 is 34.8 Å². The van der Waals surface area contributed by atoms with Gasteiger partial charge in [0.05, 0.1) is 122 Å². The first kappa shape index (κ1) is 98.1. The maximum atomic E-state index is 15.5. The molecule has 0 aliphatic carbocycles. The van der Waals surface area contributed by atoms with Crippen molar-refractivity contribution in [2.24, 2.45) is 0 Å². The number of halogens is 9. The Morgan fingerprint density at radius 2 is 0.893 bits per heavy atom. The summed E-state index contributed by atoms with van der Waals surface area (Å²) in [5.41, 5.74) is 1.22. The number of hydrogen-bond donors (Lipinski definition) is 6. The third-order valence-electron chi connectivity index (χ3n) is 20.1. The Balaban J connectivity index is 0.000000385. The number of carbonyl (C=O) groups is 4. The molecule has 0 radical (unpaired) electrons. The zero-order valence-corrected chi connectivity index (χ0v) is 71.3. The zero-order chi connectivity index (χ0) is 80.0. The molecule has 13 heterocycles. The molecule has 0 aromatic carbocycles. The number of aromatic nitrogens is 12. The second-order valence-electron chi connectivity index (χ2n) is 29.1. The number of likely N-dealkylation sites (N-methyl/N-ethyl adjacent to an activating group) is 3. The van der Waals surface area contributed by atoms with E-state index in [2.05, 4.69) is 94.5 Å². The van der Waals surface area contributed by atoms with Crippen LogP contribution in [0.15, 0.2) is 37.7 Å². The number of quaternary nitrogens is 3. The summed E-state index contributed by atoms with van der Waals surface area (Å²) in [4.78, 5) is 84.4. The van der Waals surface area contributed by atoms with Crippen LogP contribution in [-0.2, 0) is 61.7 Å². The van der Waals surface area contributed by atoms with E-state index in [0.717, 1.165) is 18.6 Å². The Labute approximate surface area is 710 Å². The topological polar surface area (TPSA) is 338 Å². The van der Waals surface area contributed by atoms with Crippen LogP contribution in [-0.4, -0.2) is 251 Å². The molecule has 7 aliphatic rings. The summed E-state index contributed by atoms with van der Waals surface area (Å²) in [6.45, 7) is 33.9. The number of H-pyrrole nitrogens is 3. The molecule has 32 nitrogen and oxygen atoms in total. The number of nitrogens with one attached hydrogen (secondary N) is 6. The van der Waals surface area contributed by atoms with Crippen LogP contribution in [0.3, 0.4) is 0 Å². The minimum absolute atomic E-state index is 0. The number of aromatic amines is 3. The molecule has 0 atom stereocenters. The summed E-state index contributed by atoms with van der Waals surface area (Å²) in [5.74, 6) is 1.37. The van der Waals surface area contributed by atoms with Gasteiger partial charge < -0.3 is 36.8 Å². The van der Waals surface area contributed by atoms with Crippen molar-refractivity contribution in [3.8, 4) is 0 Å². The third-order valence-corrected chi connectivity index (χ3v) is 20.3. The number of rotatable bonds is 10. The van der Waals surface area contributed by atoms with E-state index in [1.807, 2.05) is 112 Å². The molecule has 4 saturated heterocycles. The summed E-state index contributed by atoms with van der Waals surface area (Å²) in [5, 5.41) is 38.3. The van der Waals surface area contributed by atoms with E-state index in [-0.39, 0.29) is 192 Å². The predicted molar refractivity (Wildman–Crippen MR) is 403 cm³/mol. The van der Waals surface area contributed by atoms with E-state index >= 15 is 13.4 Å². The summed E-state index contributed by atoms with van der Waals surface area (Å²) >= 11 is 15.8. The Kier molecular flexibility index (Phi) is 34.7. The second-order valence-corrected chi connectivity index (χ2v) is 31.0. The molecule has 13 rings (SSSR count). The van der Waals surface area contributed by atoms with Gasteiger partial charge in [-0.25, -0.2) is 52.5 Å². The molecular formula is C68H103BCl3F6N24Na2O8+3. The van der Waals surface area contributed by atoms with Crippen molar-refractivity contribution >= 4 is 107 Å². The summed E-state index contributed by atoms with van der Waals surface area (Å²) in [7, 11) is 5.48. The van der Waals surface area contributed by atoms with E-state index in [4.69, 9.17) is 54.2 Å². The van der Waals surface area contributed by atoms with Gasteiger partial charge in [-0.1, -0.05) is 34.3 Å². The summed E-state index contributed by atoms with van der Waals surface area (Å²) < 4.78 is 96.4. The van der Waals surface area contributed by atoms with Gasteiger partial charge in [-0.05, 0) is 129 Å². The molecule has 608 valence electrons.